The lowest BCUT2D eigenvalue weighted by Gasteiger charge is -2.21. The Morgan fingerprint density at radius 3 is 2.78 bits per heavy atom. The molecule has 23 heavy (non-hydrogen) atoms. The molecule has 0 fully saturated rings. The Labute approximate surface area is 135 Å². The summed E-state index contributed by atoms with van der Waals surface area (Å²) in [5.74, 6) is 1.76. The van der Waals surface area contributed by atoms with Crippen LogP contribution in [0.3, 0.4) is 0 Å². The fraction of sp³-hybridized carbons (Fsp3) is 0.278. The molecule has 1 N–H and O–H groups in total. The molecule has 0 saturated carbocycles. The number of hydrogen-bond donors (Lipinski definition) is 1. The molecule has 5 heteroatoms. The van der Waals surface area contributed by atoms with Crippen LogP contribution in [-0.2, 0) is 6.42 Å². The highest BCUT2D eigenvalue weighted by Gasteiger charge is 2.22. The number of nitrogens with one attached hydrogen (secondary N) is 1. The number of ether oxygens (including phenoxy) is 1. The van der Waals surface area contributed by atoms with Gasteiger partial charge in [0.1, 0.15) is 11.6 Å². The Morgan fingerprint density at radius 1 is 1.22 bits per heavy atom. The van der Waals surface area contributed by atoms with Gasteiger partial charge in [-0.15, -0.1) is 0 Å². The van der Waals surface area contributed by atoms with Gasteiger partial charge in [0.05, 0.1) is 13.4 Å². The van der Waals surface area contributed by atoms with Crippen molar-refractivity contribution < 1.29 is 4.74 Å². The second kappa shape index (κ2) is 6.60. The molecule has 2 aromatic heterocycles. The van der Waals surface area contributed by atoms with Crippen LogP contribution in [0.1, 0.15) is 34.3 Å². The molecule has 0 bridgehead atoms. The first kappa shape index (κ1) is 15.2. The second-order valence-corrected chi connectivity index (χ2v) is 5.55. The summed E-state index contributed by atoms with van der Waals surface area (Å²) < 4.78 is 5.60. The van der Waals surface area contributed by atoms with E-state index >= 15 is 0 Å². The molecule has 1 atom stereocenters. The topological polar surface area (TPSA) is 63.7 Å². The Hall–Kier alpha value is -2.69. The van der Waals surface area contributed by atoms with Gasteiger partial charge in [-0.25, -0.2) is 15.0 Å². The van der Waals surface area contributed by atoms with Crippen molar-refractivity contribution in [2.24, 2.45) is 0 Å². The SMILES string of the molecule is COc1cccc(C)c1C(Cc1ccnc(C)n1)c1cnc[nH]1. The summed E-state index contributed by atoms with van der Waals surface area (Å²) in [5.41, 5.74) is 4.40. The third-order valence-electron chi connectivity index (χ3n) is 3.99. The Bertz CT molecular complexity index is 783. The first-order chi connectivity index (χ1) is 11.2. The first-order valence-electron chi connectivity index (χ1n) is 7.59. The van der Waals surface area contributed by atoms with Gasteiger partial charge in [0.25, 0.3) is 0 Å². The molecule has 3 rings (SSSR count). The molecule has 0 amide bonds. The lowest BCUT2D eigenvalue weighted by atomic mass is 9.87. The van der Waals surface area contributed by atoms with Gasteiger partial charge in [-0.1, -0.05) is 12.1 Å². The number of aromatic amines is 1. The van der Waals surface area contributed by atoms with Crippen molar-refractivity contribution in [3.63, 3.8) is 0 Å². The molecule has 2 heterocycles. The maximum atomic E-state index is 5.60. The summed E-state index contributed by atoms with van der Waals surface area (Å²) in [5, 5.41) is 0. The number of rotatable bonds is 5. The summed E-state index contributed by atoms with van der Waals surface area (Å²) >= 11 is 0. The molecule has 1 aromatic carbocycles. The summed E-state index contributed by atoms with van der Waals surface area (Å²) in [6.45, 7) is 4.01. The highest BCUT2D eigenvalue weighted by atomic mass is 16.5. The monoisotopic (exact) mass is 308 g/mol. The number of benzene rings is 1. The van der Waals surface area contributed by atoms with Crippen LogP contribution in [0.2, 0.25) is 0 Å². The molecule has 0 aliphatic carbocycles. The second-order valence-electron chi connectivity index (χ2n) is 5.55. The van der Waals surface area contributed by atoms with E-state index in [-0.39, 0.29) is 5.92 Å². The highest BCUT2D eigenvalue weighted by Crippen LogP contribution is 2.35. The third-order valence-corrected chi connectivity index (χ3v) is 3.99. The third kappa shape index (κ3) is 3.23. The van der Waals surface area contributed by atoms with Gasteiger partial charge >= 0.3 is 0 Å². The van der Waals surface area contributed by atoms with Gasteiger partial charge in [-0.2, -0.15) is 0 Å². The van der Waals surface area contributed by atoms with Crippen LogP contribution in [0.15, 0.2) is 43.0 Å². The average Bonchev–Trinajstić information content (AvgIpc) is 3.07. The van der Waals surface area contributed by atoms with Crippen LogP contribution in [0.4, 0.5) is 0 Å². The molecule has 0 aliphatic rings. The lowest BCUT2D eigenvalue weighted by molar-refractivity contribution is 0.406. The van der Waals surface area contributed by atoms with Crippen molar-refractivity contribution in [2.75, 3.05) is 7.11 Å². The van der Waals surface area contributed by atoms with E-state index in [0.29, 0.717) is 0 Å². The van der Waals surface area contributed by atoms with Crippen LogP contribution < -0.4 is 4.74 Å². The van der Waals surface area contributed by atoms with E-state index in [2.05, 4.69) is 32.9 Å². The number of hydrogen-bond acceptors (Lipinski definition) is 4. The molecule has 1 unspecified atom stereocenters. The van der Waals surface area contributed by atoms with Crippen molar-refractivity contribution in [3.05, 3.63) is 71.3 Å². The van der Waals surface area contributed by atoms with E-state index in [1.54, 1.807) is 19.6 Å². The normalized spacial score (nSPS) is 12.1. The maximum Gasteiger partial charge on any atom is 0.125 e. The van der Waals surface area contributed by atoms with Crippen molar-refractivity contribution >= 4 is 0 Å². The minimum atomic E-state index is 0.1000. The van der Waals surface area contributed by atoms with E-state index in [0.717, 1.165) is 34.9 Å². The Balaban J connectivity index is 2.07. The molecule has 3 aromatic rings. The van der Waals surface area contributed by atoms with Gasteiger partial charge in [0, 0.05) is 41.7 Å². The quantitative estimate of drug-likeness (QED) is 0.786. The van der Waals surface area contributed by atoms with E-state index in [1.165, 1.54) is 5.56 Å². The van der Waals surface area contributed by atoms with Gasteiger partial charge in [-0.05, 0) is 31.5 Å². The number of aryl methyl sites for hydroxylation is 2. The number of aromatic nitrogens is 4. The molecular formula is C18H20N4O. The number of methoxy groups -OCH3 is 1. The van der Waals surface area contributed by atoms with Crippen molar-refractivity contribution in [3.8, 4) is 5.75 Å². The van der Waals surface area contributed by atoms with E-state index in [4.69, 9.17) is 4.74 Å². The fourth-order valence-corrected chi connectivity index (χ4v) is 2.93. The minimum Gasteiger partial charge on any atom is -0.496 e. The molecule has 0 radical (unpaired) electrons. The molecule has 0 aliphatic heterocycles. The zero-order valence-electron chi connectivity index (χ0n) is 13.6. The standard InChI is InChI=1S/C18H20N4O/c1-12-5-4-6-17(23-3)18(12)15(16-10-19-11-21-16)9-14-7-8-20-13(2)22-14/h4-8,10-11,15H,9H2,1-3H3,(H,19,21). The molecular weight excluding hydrogens is 288 g/mol. The zero-order valence-corrected chi connectivity index (χ0v) is 13.6. The Kier molecular flexibility index (Phi) is 4.37. The van der Waals surface area contributed by atoms with Crippen molar-refractivity contribution in [2.45, 2.75) is 26.2 Å². The van der Waals surface area contributed by atoms with Gasteiger partial charge in [0.2, 0.25) is 0 Å². The van der Waals surface area contributed by atoms with Gasteiger partial charge in [0.15, 0.2) is 0 Å². The zero-order chi connectivity index (χ0) is 16.2. The summed E-state index contributed by atoms with van der Waals surface area (Å²) in [4.78, 5) is 16.1. The van der Waals surface area contributed by atoms with Crippen LogP contribution in [0.5, 0.6) is 5.75 Å². The highest BCUT2D eigenvalue weighted by molar-refractivity contribution is 5.46. The van der Waals surface area contributed by atoms with Crippen LogP contribution in [0, 0.1) is 13.8 Å². The molecule has 0 saturated heterocycles. The first-order valence-corrected chi connectivity index (χ1v) is 7.59. The smallest absolute Gasteiger partial charge is 0.125 e. The van der Waals surface area contributed by atoms with E-state index in [1.807, 2.05) is 31.3 Å². The maximum absolute atomic E-state index is 5.60. The van der Waals surface area contributed by atoms with Gasteiger partial charge < -0.3 is 9.72 Å². The van der Waals surface area contributed by atoms with E-state index < -0.39 is 0 Å². The van der Waals surface area contributed by atoms with Crippen molar-refractivity contribution in [1.29, 1.82) is 0 Å². The summed E-state index contributed by atoms with van der Waals surface area (Å²) in [6.07, 6.45) is 6.13. The van der Waals surface area contributed by atoms with Gasteiger partial charge in [-0.3, -0.25) is 0 Å². The molecule has 0 spiro atoms. The largest absolute Gasteiger partial charge is 0.496 e. The summed E-state index contributed by atoms with van der Waals surface area (Å²) in [7, 11) is 1.71. The molecule has 5 nitrogen and oxygen atoms in total. The van der Waals surface area contributed by atoms with Crippen LogP contribution in [-0.4, -0.2) is 27.0 Å². The number of nitrogens with zero attached hydrogens (tertiary/aromatic N) is 3. The Morgan fingerprint density at radius 2 is 2.09 bits per heavy atom. The predicted molar refractivity (Wildman–Crippen MR) is 88.6 cm³/mol. The van der Waals surface area contributed by atoms with E-state index in [9.17, 15) is 0 Å². The van der Waals surface area contributed by atoms with Crippen molar-refractivity contribution in [1.82, 2.24) is 19.9 Å². The van der Waals surface area contributed by atoms with Crippen LogP contribution >= 0.6 is 0 Å². The number of H-pyrrole nitrogens is 1. The summed E-state index contributed by atoms with van der Waals surface area (Å²) in [6, 6.07) is 8.07. The van der Waals surface area contributed by atoms with Crippen LogP contribution in [0.25, 0.3) is 0 Å². The minimum absolute atomic E-state index is 0.1000. The number of imidazole rings is 1. The predicted octanol–water partition coefficient (Wildman–Crippen LogP) is 3.20. The fourth-order valence-electron chi connectivity index (χ4n) is 2.93. The average molecular weight is 308 g/mol. The lowest BCUT2D eigenvalue weighted by Crippen LogP contribution is -2.11. The molecule has 118 valence electrons.